The molecule has 0 aliphatic carbocycles. The van der Waals surface area contributed by atoms with Crippen LogP contribution >= 0.6 is 12.6 Å². The molecule has 0 bridgehead atoms. The standard InChI is InChI=1S/C15H14FNO3S/c1-19-13-6-3-9(7-14(13)20-2)17-15(18)11-8-10(21)4-5-12(11)16/h3-8,21H,1-2H3,(H,17,18). The van der Waals surface area contributed by atoms with Gasteiger partial charge in [0.25, 0.3) is 5.91 Å². The summed E-state index contributed by atoms with van der Waals surface area (Å²) in [6.45, 7) is 0. The fraction of sp³-hybridized carbons (Fsp3) is 0.133. The topological polar surface area (TPSA) is 47.6 Å². The Morgan fingerprint density at radius 1 is 1.10 bits per heavy atom. The lowest BCUT2D eigenvalue weighted by molar-refractivity contribution is 0.102. The molecule has 0 atom stereocenters. The summed E-state index contributed by atoms with van der Waals surface area (Å²) in [5.74, 6) is -0.154. The third kappa shape index (κ3) is 3.46. The van der Waals surface area contributed by atoms with E-state index in [0.717, 1.165) is 0 Å². The Labute approximate surface area is 127 Å². The first kappa shape index (κ1) is 15.2. The number of hydrogen-bond donors (Lipinski definition) is 2. The highest BCUT2D eigenvalue weighted by Gasteiger charge is 2.13. The van der Waals surface area contributed by atoms with Crippen molar-refractivity contribution in [3.8, 4) is 11.5 Å². The number of halogens is 1. The Hall–Kier alpha value is -2.21. The molecule has 4 nitrogen and oxygen atoms in total. The van der Waals surface area contributed by atoms with Gasteiger partial charge in [0, 0.05) is 16.6 Å². The van der Waals surface area contributed by atoms with E-state index in [1.165, 1.54) is 32.4 Å². The first-order valence-electron chi connectivity index (χ1n) is 6.07. The number of thiol groups is 1. The summed E-state index contributed by atoms with van der Waals surface area (Å²) in [5, 5.41) is 2.60. The lowest BCUT2D eigenvalue weighted by Gasteiger charge is -2.11. The van der Waals surface area contributed by atoms with Gasteiger partial charge in [-0.15, -0.1) is 12.6 Å². The molecule has 2 aromatic carbocycles. The Balaban J connectivity index is 2.25. The molecule has 0 aliphatic heterocycles. The molecular formula is C15H14FNO3S. The van der Waals surface area contributed by atoms with Crippen molar-refractivity contribution in [2.45, 2.75) is 4.90 Å². The minimum atomic E-state index is -0.606. The van der Waals surface area contributed by atoms with E-state index >= 15 is 0 Å². The second-order valence-electron chi connectivity index (χ2n) is 4.19. The van der Waals surface area contributed by atoms with E-state index in [2.05, 4.69) is 17.9 Å². The van der Waals surface area contributed by atoms with Gasteiger partial charge in [-0.05, 0) is 30.3 Å². The third-order valence-electron chi connectivity index (χ3n) is 2.84. The van der Waals surface area contributed by atoms with Crippen LogP contribution in [0.4, 0.5) is 10.1 Å². The second kappa shape index (κ2) is 6.49. The number of hydrogen-bond acceptors (Lipinski definition) is 4. The average Bonchev–Trinajstić information content (AvgIpc) is 2.49. The van der Waals surface area contributed by atoms with E-state index in [1.807, 2.05) is 0 Å². The van der Waals surface area contributed by atoms with Gasteiger partial charge < -0.3 is 14.8 Å². The van der Waals surface area contributed by atoms with Crippen molar-refractivity contribution >= 4 is 24.2 Å². The van der Waals surface area contributed by atoms with E-state index in [1.54, 1.807) is 18.2 Å². The lowest BCUT2D eigenvalue weighted by atomic mass is 10.2. The monoisotopic (exact) mass is 307 g/mol. The first-order valence-corrected chi connectivity index (χ1v) is 6.51. The number of nitrogens with one attached hydrogen (secondary N) is 1. The number of carbonyl (C=O) groups excluding carboxylic acids is 1. The van der Waals surface area contributed by atoms with Crippen LogP contribution in [0.3, 0.4) is 0 Å². The average molecular weight is 307 g/mol. The van der Waals surface area contributed by atoms with Crippen LogP contribution in [0.15, 0.2) is 41.3 Å². The maximum atomic E-state index is 13.6. The minimum Gasteiger partial charge on any atom is -0.493 e. The molecule has 0 aromatic heterocycles. The number of ether oxygens (including phenoxy) is 2. The molecule has 21 heavy (non-hydrogen) atoms. The van der Waals surface area contributed by atoms with Crippen LogP contribution in [0.5, 0.6) is 11.5 Å². The van der Waals surface area contributed by atoms with Crippen molar-refractivity contribution in [2.75, 3.05) is 19.5 Å². The maximum absolute atomic E-state index is 13.6. The number of rotatable bonds is 4. The highest BCUT2D eigenvalue weighted by atomic mass is 32.1. The van der Waals surface area contributed by atoms with E-state index in [9.17, 15) is 9.18 Å². The van der Waals surface area contributed by atoms with Crippen molar-refractivity contribution in [1.82, 2.24) is 0 Å². The predicted molar refractivity (Wildman–Crippen MR) is 81.2 cm³/mol. The fourth-order valence-electron chi connectivity index (χ4n) is 1.80. The molecule has 6 heteroatoms. The highest BCUT2D eigenvalue weighted by Crippen LogP contribution is 2.30. The minimum absolute atomic E-state index is 0.0720. The van der Waals surface area contributed by atoms with Crippen LogP contribution < -0.4 is 14.8 Å². The van der Waals surface area contributed by atoms with Crippen LogP contribution in [0, 0.1) is 5.82 Å². The summed E-state index contributed by atoms with van der Waals surface area (Å²) < 4.78 is 23.9. The largest absolute Gasteiger partial charge is 0.493 e. The van der Waals surface area contributed by atoms with E-state index in [-0.39, 0.29) is 5.56 Å². The maximum Gasteiger partial charge on any atom is 0.258 e. The number of amides is 1. The summed E-state index contributed by atoms with van der Waals surface area (Å²) in [6, 6.07) is 8.94. The Kier molecular flexibility index (Phi) is 4.70. The summed E-state index contributed by atoms with van der Waals surface area (Å²) >= 11 is 4.10. The van der Waals surface area contributed by atoms with Crippen LogP contribution in [0.2, 0.25) is 0 Å². The molecule has 1 amide bonds. The van der Waals surface area contributed by atoms with Gasteiger partial charge in [-0.3, -0.25) is 4.79 Å². The molecule has 0 saturated heterocycles. The smallest absolute Gasteiger partial charge is 0.258 e. The van der Waals surface area contributed by atoms with Crippen LogP contribution in [0.25, 0.3) is 0 Å². The van der Waals surface area contributed by atoms with Crippen molar-refractivity contribution in [2.24, 2.45) is 0 Å². The summed E-state index contributed by atoms with van der Waals surface area (Å²) in [6.07, 6.45) is 0. The van der Waals surface area contributed by atoms with Crippen molar-refractivity contribution in [3.63, 3.8) is 0 Å². The molecule has 1 N–H and O–H groups in total. The normalized spacial score (nSPS) is 10.1. The molecule has 0 saturated carbocycles. The molecule has 0 aliphatic rings. The van der Waals surface area contributed by atoms with Gasteiger partial charge >= 0.3 is 0 Å². The Bertz CT molecular complexity index is 676. The zero-order valence-corrected chi connectivity index (χ0v) is 12.4. The molecule has 0 spiro atoms. The first-order chi connectivity index (χ1) is 10.0. The van der Waals surface area contributed by atoms with Gasteiger partial charge in [0.15, 0.2) is 11.5 Å². The molecule has 2 rings (SSSR count). The molecule has 0 fully saturated rings. The van der Waals surface area contributed by atoms with E-state index in [0.29, 0.717) is 22.1 Å². The van der Waals surface area contributed by atoms with Crippen LogP contribution in [0.1, 0.15) is 10.4 Å². The number of methoxy groups -OCH3 is 2. The van der Waals surface area contributed by atoms with Crippen molar-refractivity contribution < 1.29 is 18.7 Å². The quantitative estimate of drug-likeness (QED) is 0.851. The molecule has 0 heterocycles. The summed E-state index contributed by atoms with van der Waals surface area (Å²) in [5.41, 5.74) is 0.402. The molecule has 0 unspecified atom stereocenters. The van der Waals surface area contributed by atoms with Gasteiger partial charge in [0.2, 0.25) is 0 Å². The van der Waals surface area contributed by atoms with Crippen molar-refractivity contribution in [1.29, 1.82) is 0 Å². The number of carbonyl (C=O) groups is 1. The Morgan fingerprint density at radius 2 is 1.81 bits per heavy atom. The van der Waals surface area contributed by atoms with Gasteiger partial charge in [0.05, 0.1) is 19.8 Å². The lowest BCUT2D eigenvalue weighted by Crippen LogP contribution is -2.14. The van der Waals surface area contributed by atoms with E-state index < -0.39 is 11.7 Å². The third-order valence-corrected chi connectivity index (χ3v) is 3.11. The number of benzene rings is 2. The molecule has 0 radical (unpaired) electrons. The SMILES string of the molecule is COc1ccc(NC(=O)c2cc(S)ccc2F)cc1OC. The zero-order valence-electron chi connectivity index (χ0n) is 11.5. The van der Waals surface area contributed by atoms with Gasteiger partial charge in [0.1, 0.15) is 5.82 Å². The van der Waals surface area contributed by atoms with Gasteiger partial charge in [-0.25, -0.2) is 4.39 Å². The van der Waals surface area contributed by atoms with Crippen molar-refractivity contribution in [3.05, 3.63) is 47.8 Å². The second-order valence-corrected chi connectivity index (χ2v) is 4.70. The van der Waals surface area contributed by atoms with Gasteiger partial charge in [-0.1, -0.05) is 0 Å². The highest BCUT2D eigenvalue weighted by molar-refractivity contribution is 7.80. The fourth-order valence-corrected chi connectivity index (χ4v) is 2.00. The summed E-state index contributed by atoms with van der Waals surface area (Å²) in [7, 11) is 3.01. The molecule has 110 valence electrons. The van der Waals surface area contributed by atoms with Crippen LogP contribution in [-0.4, -0.2) is 20.1 Å². The summed E-state index contributed by atoms with van der Waals surface area (Å²) in [4.78, 5) is 12.6. The molecule has 2 aromatic rings. The Morgan fingerprint density at radius 3 is 2.48 bits per heavy atom. The zero-order chi connectivity index (χ0) is 15.4. The number of anilines is 1. The van der Waals surface area contributed by atoms with E-state index in [4.69, 9.17) is 9.47 Å². The van der Waals surface area contributed by atoms with Gasteiger partial charge in [-0.2, -0.15) is 0 Å². The van der Waals surface area contributed by atoms with Crippen LogP contribution in [-0.2, 0) is 0 Å². The predicted octanol–water partition coefficient (Wildman–Crippen LogP) is 3.38. The molecular weight excluding hydrogens is 293 g/mol.